The summed E-state index contributed by atoms with van der Waals surface area (Å²) in [5.74, 6) is -0.485. The van der Waals surface area contributed by atoms with E-state index in [-0.39, 0.29) is 5.69 Å². The van der Waals surface area contributed by atoms with E-state index >= 15 is 0 Å². The van der Waals surface area contributed by atoms with E-state index in [1.54, 1.807) is 13.3 Å². The number of aryl methyl sites for hydroxylation is 2. The molecule has 6 nitrogen and oxygen atoms in total. The fraction of sp³-hybridized carbons (Fsp3) is 0.154. The zero-order valence-corrected chi connectivity index (χ0v) is 10.5. The molecule has 1 aromatic carbocycles. The summed E-state index contributed by atoms with van der Waals surface area (Å²) >= 11 is 0. The molecule has 0 aliphatic carbocycles. The molecule has 3 rings (SSSR count). The third kappa shape index (κ3) is 1.77. The number of hydrogen-bond acceptors (Lipinski definition) is 3. The molecule has 0 saturated heterocycles. The molecule has 19 heavy (non-hydrogen) atoms. The van der Waals surface area contributed by atoms with Gasteiger partial charge in [0.25, 0.3) is 0 Å². The number of rotatable bonds is 2. The van der Waals surface area contributed by atoms with Gasteiger partial charge in [0, 0.05) is 18.3 Å². The van der Waals surface area contributed by atoms with Crippen molar-refractivity contribution in [2.24, 2.45) is 7.05 Å². The molecule has 2 heterocycles. The molecule has 0 unspecified atom stereocenters. The van der Waals surface area contributed by atoms with Gasteiger partial charge in [0.05, 0.1) is 17.4 Å². The summed E-state index contributed by atoms with van der Waals surface area (Å²) in [6.07, 6.45) is 1.74. The van der Waals surface area contributed by atoms with Crippen LogP contribution in [0.1, 0.15) is 16.2 Å². The smallest absolute Gasteiger partial charge is 0.356 e. The Morgan fingerprint density at radius 2 is 2.21 bits per heavy atom. The first-order valence-corrected chi connectivity index (χ1v) is 5.77. The van der Waals surface area contributed by atoms with Crippen molar-refractivity contribution >= 4 is 17.0 Å². The topological polar surface area (TPSA) is 83.8 Å². The molecular weight excluding hydrogens is 244 g/mol. The highest BCUT2D eigenvalue weighted by molar-refractivity contribution is 5.88. The molecule has 0 saturated carbocycles. The monoisotopic (exact) mass is 256 g/mol. The Balaban J connectivity index is 2.13. The SMILES string of the molecule is Cc1[nH]c(-c2ccc3c(c2)ncn3C)nc1C(=O)O. The van der Waals surface area contributed by atoms with Gasteiger partial charge in [0.2, 0.25) is 0 Å². The molecule has 3 aromatic rings. The van der Waals surface area contributed by atoms with Crippen LogP contribution in [0, 0.1) is 6.92 Å². The van der Waals surface area contributed by atoms with E-state index in [2.05, 4.69) is 15.0 Å². The second-order valence-electron chi connectivity index (χ2n) is 4.42. The Labute approximate surface area is 108 Å². The summed E-state index contributed by atoms with van der Waals surface area (Å²) in [5.41, 5.74) is 3.29. The van der Waals surface area contributed by atoms with Gasteiger partial charge in [0.15, 0.2) is 5.69 Å². The molecule has 0 radical (unpaired) electrons. The molecular formula is C13H12N4O2. The zero-order chi connectivity index (χ0) is 13.6. The van der Waals surface area contributed by atoms with Gasteiger partial charge in [-0.25, -0.2) is 14.8 Å². The summed E-state index contributed by atoms with van der Waals surface area (Å²) in [4.78, 5) is 22.3. The predicted molar refractivity (Wildman–Crippen MR) is 70.0 cm³/mol. The third-order valence-corrected chi connectivity index (χ3v) is 3.09. The second-order valence-corrected chi connectivity index (χ2v) is 4.42. The number of hydrogen-bond donors (Lipinski definition) is 2. The molecule has 0 bridgehead atoms. The van der Waals surface area contributed by atoms with Crippen LogP contribution in [0.25, 0.3) is 22.4 Å². The van der Waals surface area contributed by atoms with Gasteiger partial charge >= 0.3 is 5.97 Å². The van der Waals surface area contributed by atoms with Crippen LogP contribution in [-0.2, 0) is 7.05 Å². The molecule has 0 aliphatic heterocycles. The molecule has 2 aromatic heterocycles. The number of carbonyl (C=O) groups is 1. The maximum Gasteiger partial charge on any atom is 0.356 e. The van der Waals surface area contributed by atoms with Crippen molar-refractivity contribution in [2.75, 3.05) is 0 Å². The van der Waals surface area contributed by atoms with Crippen LogP contribution in [-0.4, -0.2) is 30.6 Å². The van der Waals surface area contributed by atoms with Crippen molar-refractivity contribution in [2.45, 2.75) is 6.92 Å². The number of aromatic carboxylic acids is 1. The van der Waals surface area contributed by atoms with E-state index in [4.69, 9.17) is 5.11 Å². The lowest BCUT2D eigenvalue weighted by Crippen LogP contribution is -1.98. The molecule has 0 fully saturated rings. The number of nitrogens with zero attached hydrogens (tertiary/aromatic N) is 3. The zero-order valence-electron chi connectivity index (χ0n) is 10.5. The van der Waals surface area contributed by atoms with Gasteiger partial charge < -0.3 is 14.7 Å². The maximum absolute atomic E-state index is 11.0. The van der Waals surface area contributed by atoms with Gasteiger partial charge in [-0.05, 0) is 25.1 Å². The lowest BCUT2D eigenvalue weighted by atomic mass is 10.2. The molecule has 0 aliphatic rings. The van der Waals surface area contributed by atoms with E-state index in [0.717, 1.165) is 16.6 Å². The van der Waals surface area contributed by atoms with Gasteiger partial charge in [-0.2, -0.15) is 0 Å². The van der Waals surface area contributed by atoms with Crippen LogP contribution in [0.15, 0.2) is 24.5 Å². The van der Waals surface area contributed by atoms with E-state index in [0.29, 0.717) is 11.5 Å². The first-order valence-electron chi connectivity index (χ1n) is 5.77. The lowest BCUT2D eigenvalue weighted by molar-refractivity contribution is 0.0690. The number of carboxylic acid groups (broad SMARTS) is 1. The normalized spacial score (nSPS) is 11.1. The number of aromatic nitrogens is 4. The Hall–Kier alpha value is -2.63. The Bertz CT molecular complexity index is 785. The van der Waals surface area contributed by atoms with E-state index in [1.165, 1.54) is 0 Å². The van der Waals surface area contributed by atoms with Gasteiger partial charge in [0.1, 0.15) is 5.82 Å². The number of aromatic amines is 1. The number of benzene rings is 1. The van der Waals surface area contributed by atoms with Crippen LogP contribution in [0.4, 0.5) is 0 Å². The average Bonchev–Trinajstić information content (AvgIpc) is 2.93. The van der Waals surface area contributed by atoms with Gasteiger partial charge in [-0.1, -0.05) is 0 Å². The van der Waals surface area contributed by atoms with Crippen molar-refractivity contribution in [1.82, 2.24) is 19.5 Å². The molecule has 0 amide bonds. The highest BCUT2D eigenvalue weighted by Crippen LogP contribution is 2.22. The average molecular weight is 256 g/mol. The van der Waals surface area contributed by atoms with Crippen LogP contribution in [0.2, 0.25) is 0 Å². The summed E-state index contributed by atoms with van der Waals surface area (Å²) in [5, 5.41) is 9.00. The van der Waals surface area contributed by atoms with Gasteiger partial charge in [-0.3, -0.25) is 0 Å². The molecule has 2 N–H and O–H groups in total. The van der Waals surface area contributed by atoms with E-state index < -0.39 is 5.97 Å². The van der Waals surface area contributed by atoms with E-state index in [9.17, 15) is 4.79 Å². The molecule has 0 atom stereocenters. The molecule has 96 valence electrons. The maximum atomic E-state index is 11.0. The van der Waals surface area contributed by atoms with Crippen molar-refractivity contribution in [3.05, 3.63) is 35.9 Å². The predicted octanol–water partition coefficient (Wildman–Crippen LogP) is 1.97. The van der Waals surface area contributed by atoms with Crippen LogP contribution < -0.4 is 0 Å². The molecule has 0 spiro atoms. The lowest BCUT2D eigenvalue weighted by Gasteiger charge is -1.98. The summed E-state index contributed by atoms with van der Waals surface area (Å²) in [7, 11) is 1.93. The van der Waals surface area contributed by atoms with Crippen molar-refractivity contribution < 1.29 is 9.90 Å². The third-order valence-electron chi connectivity index (χ3n) is 3.09. The number of H-pyrrole nitrogens is 1. The van der Waals surface area contributed by atoms with Crippen LogP contribution >= 0.6 is 0 Å². The molecule has 6 heteroatoms. The highest BCUT2D eigenvalue weighted by Gasteiger charge is 2.14. The quantitative estimate of drug-likeness (QED) is 0.734. The number of nitrogens with one attached hydrogen (secondary N) is 1. The Kier molecular flexibility index (Phi) is 2.38. The van der Waals surface area contributed by atoms with Crippen LogP contribution in [0.5, 0.6) is 0 Å². The second kappa shape index (κ2) is 3.94. The highest BCUT2D eigenvalue weighted by atomic mass is 16.4. The summed E-state index contributed by atoms with van der Waals surface area (Å²) in [6.45, 7) is 1.69. The first kappa shape index (κ1) is 11.5. The first-order chi connectivity index (χ1) is 9.06. The van der Waals surface area contributed by atoms with Crippen molar-refractivity contribution in [3.63, 3.8) is 0 Å². The fourth-order valence-corrected chi connectivity index (χ4v) is 2.09. The summed E-state index contributed by atoms with van der Waals surface area (Å²) in [6, 6.07) is 5.73. The summed E-state index contributed by atoms with van der Waals surface area (Å²) < 4.78 is 1.93. The van der Waals surface area contributed by atoms with Gasteiger partial charge in [-0.15, -0.1) is 0 Å². The Morgan fingerprint density at radius 3 is 2.89 bits per heavy atom. The minimum absolute atomic E-state index is 0.0520. The standard InChI is InChI=1S/C13H12N4O2/c1-7-11(13(18)19)16-12(15-7)8-3-4-10-9(5-8)14-6-17(10)2/h3-6H,1-2H3,(H,15,16)(H,18,19). The van der Waals surface area contributed by atoms with Crippen molar-refractivity contribution in [3.8, 4) is 11.4 Å². The number of fused-ring (bicyclic) bond motifs is 1. The minimum atomic E-state index is -1.03. The van der Waals surface area contributed by atoms with Crippen LogP contribution in [0.3, 0.4) is 0 Å². The van der Waals surface area contributed by atoms with E-state index in [1.807, 2.05) is 29.8 Å². The fourth-order valence-electron chi connectivity index (χ4n) is 2.09. The number of imidazole rings is 2. The Morgan fingerprint density at radius 1 is 1.42 bits per heavy atom. The van der Waals surface area contributed by atoms with Crippen molar-refractivity contribution in [1.29, 1.82) is 0 Å². The minimum Gasteiger partial charge on any atom is -0.476 e. The largest absolute Gasteiger partial charge is 0.476 e. The number of carboxylic acids is 1.